The third kappa shape index (κ3) is 2.66. The molecule has 0 nitrogen and oxygen atoms in total. The summed E-state index contributed by atoms with van der Waals surface area (Å²) in [6.07, 6.45) is 0. The van der Waals surface area contributed by atoms with Gasteiger partial charge in [-0.3, -0.25) is 0 Å². The van der Waals surface area contributed by atoms with Crippen LogP contribution in [0, 0.1) is 11.6 Å². The van der Waals surface area contributed by atoms with E-state index in [1.807, 2.05) is 0 Å². The molecule has 1 rings (SSSR count). The minimum absolute atomic E-state index is 0.542. The van der Waals surface area contributed by atoms with Crippen LogP contribution in [0.4, 0.5) is 8.78 Å². The topological polar surface area (TPSA) is 0 Å². The lowest BCUT2D eigenvalue weighted by Gasteiger charge is -1.99. The molecule has 0 N–H and O–H groups in total. The van der Waals surface area contributed by atoms with Gasteiger partial charge in [0.15, 0.2) is 0 Å². The number of thioether (sulfide) groups is 1. The van der Waals surface area contributed by atoms with Gasteiger partial charge in [0.25, 0.3) is 0 Å². The summed E-state index contributed by atoms with van der Waals surface area (Å²) >= 11 is 1.25. The monoisotopic (exact) mass is 186 g/mol. The van der Waals surface area contributed by atoms with Gasteiger partial charge >= 0.3 is 0 Å². The Balaban J connectivity index is 2.93. The molecule has 0 aromatic heterocycles. The van der Waals surface area contributed by atoms with Gasteiger partial charge in [-0.15, -0.1) is 0 Å². The molecule has 12 heavy (non-hydrogen) atoms. The summed E-state index contributed by atoms with van der Waals surface area (Å²) in [6, 6.07) is 3.41. The Bertz CT molecular complexity index is 287. The quantitative estimate of drug-likeness (QED) is 0.636. The number of benzene rings is 1. The largest absolute Gasteiger partial charge is 0.207 e. The second-order valence-electron chi connectivity index (χ2n) is 2.41. The first-order valence-corrected chi connectivity index (χ1v) is 4.19. The number of halogens is 2. The Labute approximate surface area is 74.3 Å². The van der Waals surface area contributed by atoms with Gasteiger partial charge in [0.2, 0.25) is 0 Å². The predicted molar refractivity (Wildman–Crippen MR) is 47.0 cm³/mol. The lowest BCUT2D eigenvalue weighted by molar-refractivity contribution is 0.577. The van der Waals surface area contributed by atoms with Crippen LogP contribution >= 0.6 is 11.8 Å². The van der Waals surface area contributed by atoms with Crippen molar-refractivity contribution in [1.82, 2.24) is 0 Å². The van der Waals surface area contributed by atoms with Gasteiger partial charge in [-0.25, -0.2) is 8.78 Å². The van der Waals surface area contributed by atoms with Gasteiger partial charge in [-0.1, -0.05) is 18.3 Å². The summed E-state index contributed by atoms with van der Waals surface area (Å²) in [6.45, 7) is 5.41. The standard InChI is InChI=1S/C9H8F2S/c1-6(2)12-9-4-7(10)3-8(11)5-9/h3-5H,1H2,2H3. The number of hydrogen-bond donors (Lipinski definition) is 0. The predicted octanol–water partition coefficient (Wildman–Crippen LogP) is 3.59. The molecule has 0 saturated heterocycles. The van der Waals surface area contributed by atoms with Crippen LogP contribution in [0.2, 0.25) is 0 Å². The fraction of sp³-hybridized carbons (Fsp3) is 0.111. The Morgan fingerprint density at radius 3 is 2.17 bits per heavy atom. The molecule has 1 aromatic rings. The van der Waals surface area contributed by atoms with Crippen molar-refractivity contribution < 1.29 is 8.78 Å². The van der Waals surface area contributed by atoms with E-state index >= 15 is 0 Å². The van der Waals surface area contributed by atoms with E-state index in [0.29, 0.717) is 4.90 Å². The van der Waals surface area contributed by atoms with E-state index in [2.05, 4.69) is 6.58 Å². The van der Waals surface area contributed by atoms with Gasteiger partial charge in [0.1, 0.15) is 11.6 Å². The summed E-state index contributed by atoms with van der Waals surface area (Å²) in [5, 5.41) is 0. The van der Waals surface area contributed by atoms with Crippen molar-refractivity contribution in [1.29, 1.82) is 0 Å². The van der Waals surface area contributed by atoms with Crippen LogP contribution in [0.1, 0.15) is 6.92 Å². The Morgan fingerprint density at radius 2 is 1.75 bits per heavy atom. The molecule has 0 amide bonds. The molecule has 0 bridgehead atoms. The van der Waals surface area contributed by atoms with Crippen molar-refractivity contribution in [2.45, 2.75) is 11.8 Å². The zero-order valence-electron chi connectivity index (χ0n) is 6.60. The van der Waals surface area contributed by atoms with Crippen LogP contribution in [0.3, 0.4) is 0 Å². The van der Waals surface area contributed by atoms with Crippen LogP contribution in [0.5, 0.6) is 0 Å². The fourth-order valence-corrected chi connectivity index (χ4v) is 1.53. The molecule has 0 saturated carbocycles. The van der Waals surface area contributed by atoms with Crippen molar-refractivity contribution in [3.63, 3.8) is 0 Å². The van der Waals surface area contributed by atoms with Crippen LogP contribution in [-0.4, -0.2) is 0 Å². The summed E-state index contributed by atoms with van der Waals surface area (Å²) in [7, 11) is 0. The highest BCUT2D eigenvalue weighted by molar-refractivity contribution is 8.03. The van der Waals surface area contributed by atoms with Crippen LogP contribution in [0.25, 0.3) is 0 Å². The summed E-state index contributed by atoms with van der Waals surface area (Å²) in [5.41, 5.74) is 0. The van der Waals surface area contributed by atoms with Crippen molar-refractivity contribution in [3.05, 3.63) is 41.3 Å². The molecule has 1 aromatic carbocycles. The maximum atomic E-state index is 12.6. The van der Waals surface area contributed by atoms with E-state index in [0.717, 1.165) is 11.0 Å². The minimum atomic E-state index is -0.557. The molecular weight excluding hydrogens is 178 g/mol. The SMILES string of the molecule is C=C(C)Sc1cc(F)cc(F)c1. The summed E-state index contributed by atoms with van der Waals surface area (Å²) in [4.78, 5) is 1.35. The van der Waals surface area contributed by atoms with Crippen molar-refractivity contribution in [2.75, 3.05) is 0 Å². The second kappa shape index (κ2) is 3.72. The maximum absolute atomic E-state index is 12.6. The van der Waals surface area contributed by atoms with Crippen molar-refractivity contribution >= 4 is 11.8 Å². The molecule has 0 aliphatic carbocycles. The van der Waals surface area contributed by atoms with E-state index in [4.69, 9.17) is 0 Å². The zero-order valence-corrected chi connectivity index (χ0v) is 7.42. The zero-order chi connectivity index (χ0) is 9.14. The summed E-state index contributed by atoms with van der Waals surface area (Å²) < 4.78 is 25.2. The third-order valence-electron chi connectivity index (χ3n) is 1.13. The molecule has 0 atom stereocenters. The first kappa shape index (κ1) is 9.26. The molecule has 0 aliphatic heterocycles. The molecule has 3 heteroatoms. The molecule has 0 spiro atoms. The highest BCUT2D eigenvalue weighted by Crippen LogP contribution is 2.25. The van der Waals surface area contributed by atoms with Crippen LogP contribution in [0.15, 0.2) is 34.6 Å². The molecule has 0 unspecified atom stereocenters. The second-order valence-corrected chi connectivity index (χ2v) is 3.78. The smallest absolute Gasteiger partial charge is 0.127 e. The Kier molecular flexibility index (Phi) is 2.87. The Hall–Kier alpha value is -0.830. The van der Waals surface area contributed by atoms with Crippen molar-refractivity contribution in [3.8, 4) is 0 Å². The third-order valence-corrected chi connectivity index (χ3v) is 1.95. The average Bonchev–Trinajstić information content (AvgIpc) is 1.81. The van der Waals surface area contributed by atoms with Gasteiger partial charge in [0, 0.05) is 11.0 Å². The molecule has 64 valence electrons. The first-order valence-electron chi connectivity index (χ1n) is 3.37. The highest BCUT2D eigenvalue weighted by Gasteiger charge is 2.00. The molecule has 0 heterocycles. The van der Waals surface area contributed by atoms with E-state index in [1.54, 1.807) is 6.92 Å². The molecular formula is C9H8F2S. The van der Waals surface area contributed by atoms with Gasteiger partial charge in [-0.05, 0) is 24.0 Å². The highest BCUT2D eigenvalue weighted by atomic mass is 32.2. The van der Waals surface area contributed by atoms with E-state index in [9.17, 15) is 8.78 Å². The number of hydrogen-bond acceptors (Lipinski definition) is 1. The Morgan fingerprint density at radius 1 is 1.25 bits per heavy atom. The average molecular weight is 186 g/mol. The van der Waals surface area contributed by atoms with E-state index in [1.165, 1.54) is 23.9 Å². The van der Waals surface area contributed by atoms with Gasteiger partial charge in [-0.2, -0.15) is 0 Å². The van der Waals surface area contributed by atoms with Crippen LogP contribution < -0.4 is 0 Å². The molecule has 0 radical (unpaired) electrons. The lowest BCUT2D eigenvalue weighted by atomic mass is 10.3. The maximum Gasteiger partial charge on any atom is 0.127 e. The number of allylic oxidation sites excluding steroid dienone is 1. The number of rotatable bonds is 2. The first-order chi connectivity index (χ1) is 5.58. The van der Waals surface area contributed by atoms with Gasteiger partial charge < -0.3 is 0 Å². The van der Waals surface area contributed by atoms with E-state index in [-0.39, 0.29) is 0 Å². The minimum Gasteiger partial charge on any atom is -0.207 e. The van der Waals surface area contributed by atoms with E-state index < -0.39 is 11.6 Å². The fourth-order valence-electron chi connectivity index (χ4n) is 0.789. The summed E-state index contributed by atoms with van der Waals surface area (Å²) in [5.74, 6) is -1.11. The molecule has 0 aliphatic rings. The lowest BCUT2D eigenvalue weighted by Crippen LogP contribution is -1.80. The van der Waals surface area contributed by atoms with Gasteiger partial charge in [0.05, 0.1) is 0 Å². The normalized spacial score (nSPS) is 9.92. The molecule has 0 fully saturated rings. The van der Waals surface area contributed by atoms with Crippen molar-refractivity contribution in [2.24, 2.45) is 0 Å². The van der Waals surface area contributed by atoms with Crippen LogP contribution in [-0.2, 0) is 0 Å².